The first-order valence-corrected chi connectivity index (χ1v) is 10.7. The molecule has 1 saturated heterocycles. The van der Waals surface area contributed by atoms with Gasteiger partial charge in [0.25, 0.3) is 0 Å². The number of hydrogen-bond donors (Lipinski definition) is 1. The van der Waals surface area contributed by atoms with Crippen LogP contribution in [0.3, 0.4) is 0 Å². The Morgan fingerprint density at radius 2 is 1.75 bits per heavy atom. The minimum atomic E-state index is -0.581. The van der Waals surface area contributed by atoms with Crippen molar-refractivity contribution in [3.63, 3.8) is 0 Å². The Bertz CT molecular complexity index is 982. The monoisotopic (exact) mass is 436 g/mol. The van der Waals surface area contributed by atoms with Gasteiger partial charge in [0.1, 0.15) is 0 Å². The van der Waals surface area contributed by atoms with E-state index in [4.69, 9.17) is 4.74 Å². The van der Waals surface area contributed by atoms with Gasteiger partial charge in [-0.1, -0.05) is 42.0 Å². The van der Waals surface area contributed by atoms with Crippen LogP contribution >= 0.6 is 0 Å². The summed E-state index contributed by atoms with van der Waals surface area (Å²) in [7, 11) is 0. The summed E-state index contributed by atoms with van der Waals surface area (Å²) in [6.45, 7) is 3.96. The minimum absolute atomic E-state index is 0.0506. The fourth-order valence-electron chi connectivity index (χ4n) is 3.59. The fourth-order valence-corrected chi connectivity index (χ4v) is 3.59. The molecule has 0 radical (unpaired) electrons. The molecule has 0 spiro atoms. The molecule has 1 aliphatic rings. The van der Waals surface area contributed by atoms with Crippen LogP contribution in [0.15, 0.2) is 48.5 Å². The third-order valence-electron chi connectivity index (χ3n) is 5.44. The largest absolute Gasteiger partial charge is 0.457 e. The molecule has 1 fully saturated rings. The summed E-state index contributed by atoms with van der Waals surface area (Å²) in [4.78, 5) is 49.6. The van der Waals surface area contributed by atoms with Crippen LogP contribution in [-0.2, 0) is 25.5 Å². The Hall–Kier alpha value is -3.48. The van der Waals surface area contributed by atoms with Crippen molar-refractivity contribution >= 4 is 29.3 Å². The Kier molecular flexibility index (Phi) is 7.76. The van der Waals surface area contributed by atoms with Crippen molar-refractivity contribution < 1.29 is 23.9 Å². The van der Waals surface area contributed by atoms with Crippen LogP contribution in [0.1, 0.15) is 41.3 Å². The van der Waals surface area contributed by atoms with Gasteiger partial charge in [-0.15, -0.1) is 0 Å². The van der Waals surface area contributed by atoms with Gasteiger partial charge in [-0.25, -0.2) is 0 Å². The van der Waals surface area contributed by atoms with Gasteiger partial charge in [-0.05, 0) is 37.5 Å². The number of hydrogen-bond acceptors (Lipinski definition) is 5. The second-order valence-corrected chi connectivity index (χ2v) is 8.06. The number of rotatable bonds is 9. The van der Waals surface area contributed by atoms with Gasteiger partial charge in [-0.3, -0.25) is 19.2 Å². The maximum absolute atomic E-state index is 12.4. The van der Waals surface area contributed by atoms with Crippen LogP contribution in [0, 0.1) is 12.8 Å². The average molecular weight is 437 g/mol. The predicted molar refractivity (Wildman–Crippen MR) is 120 cm³/mol. The van der Waals surface area contributed by atoms with Crippen molar-refractivity contribution in [1.82, 2.24) is 5.32 Å². The maximum Gasteiger partial charge on any atom is 0.311 e. The van der Waals surface area contributed by atoms with Crippen molar-refractivity contribution in [3.05, 3.63) is 65.2 Å². The number of aryl methyl sites for hydroxylation is 2. The Labute approximate surface area is 187 Å². The number of nitrogens with zero attached hydrogens (tertiary/aromatic N) is 1. The number of esters is 1. The molecule has 1 N–H and O–H groups in total. The van der Waals surface area contributed by atoms with Gasteiger partial charge >= 0.3 is 5.97 Å². The van der Waals surface area contributed by atoms with Gasteiger partial charge in [-0.2, -0.15) is 0 Å². The zero-order valence-corrected chi connectivity index (χ0v) is 18.4. The zero-order valence-electron chi connectivity index (χ0n) is 18.4. The molecule has 0 aromatic heterocycles. The molecule has 7 nitrogen and oxygen atoms in total. The van der Waals surface area contributed by atoms with E-state index in [1.54, 1.807) is 17.0 Å². The normalized spacial score (nSPS) is 15.5. The number of amides is 2. The highest BCUT2D eigenvalue weighted by molar-refractivity contribution is 6.01. The van der Waals surface area contributed by atoms with E-state index in [-0.39, 0.29) is 37.2 Å². The number of carbonyl (C=O) groups is 4. The lowest BCUT2D eigenvalue weighted by Crippen LogP contribution is -2.27. The summed E-state index contributed by atoms with van der Waals surface area (Å²) in [5.74, 6) is -1.58. The Morgan fingerprint density at radius 1 is 1.06 bits per heavy atom. The van der Waals surface area contributed by atoms with E-state index in [0.717, 1.165) is 29.7 Å². The second-order valence-electron chi connectivity index (χ2n) is 8.06. The van der Waals surface area contributed by atoms with E-state index in [1.165, 1.54) is 6.92 Å². The molecular weight excluding hydrogens is 408 g/mol. The van der Waals surface area contributed by atoms with Crippen molar-refractivity contribution in [3.8, 4) is 0 Å². The number of ether oxygens (including phenoxy) is 1. The van der Waals surface area contributed by atoms with Crippen LogP contribution < -0.4 is 10.2 Å². The number of benzene rings is 2. The molecule has 0 aliphatic carbocycles. The molecule has 1 heterocycles. The van der Waals surface area contributed by atoms with Crippen LogP contribution in [0.5, 0.6) is 0 Å². The van der Waals surface area contributed by atoms with Gasteiger partial charge in [0.15, 0.2) is 12.4 Å². The Balaban J connectivity index is 1.46. The fraction of sp³-hybridized carbons (Fsp3) is 0.360. The highest BCUT2D eigenvalue weighted by Crippen LogP contribution is 2.26. The third kappa shape index (κ3) is 6.26. The van der Waals surface area contributed by atoms with Crippen molar-refractivity contribution in [1.29, 1.82) is 0 Å². The SMILES string of the molecule is CC(=O)NCCCc1ccc(C(=O)COC(=O)C2CC(=O)N(c3ccc(C)cc3)C2)cc1. The highest BCUT2D eigenvalue weighted by Gasteiger charge is 2.36. The molecular formula is C25H28N2O5. The quantitative estimate of drug-likeness (QED) is 0.371. The van der Waals surface area contributed by atoms with Crippen molar-refractivity contribution in [2.75, 3.05) is 24.6 Å². The van der Waals surface area contributed by atoms with E-state index >= 15 is 0 Å². The summed E-state index contributed by atoms with van der Waals surface area (Å²) < 4.78 is 5.22. The molecule has 32 heavy (non-hydrogen) atoms. The van der Waals surface area contributed by atoms with E-state index in [9.17, 15) is 19.2 Å². The molecule has 2 aromatic rings. The van der Waals surface area contributed by atoms with E-state index in [0.29, 0.717) is 12.1 Å². The number of carbonyl (C=O) groups excluding carboxylic acids is 4. The van der Waals surface area contributed by atoms with Gasteiger partial charge in [0.2, 0.25) is 11.8 Å². The first-order valence-electron chi connectivity index (χ1n) is 10.7. The highest BCUT2D eigenvalue weighted by atomic mass is 16.5. The number of Topliss-reactive ketones (excluding diaryl/α,β-unsaturated/α-hetero) is 1. The first-order chi connectivity index (χ1) is 15.3. The standard InChI is InChI=1S/C25H28N2O5/c1-17-5-11-22(12-6-17)27-15-21(14-24(27)30)25(31)32-16-23(29)20-9-7-19(8-10-20)4-3-13-26-18(2)28/h5-12,21H,3-4,13-16H2,1-2H3,(H,26,28). The summed E-state index contributed by atoms with van der Waals surface area (Å²) in [6, 6.07) is 14.7. The number of nitrogens with one attached hydrogen (secondary N) is 1. The molecule has 1 aliphatic heterocycles. The van der Waals surface area contributed by atoms with Crippen LogP contribution in [0.4, 0.5) is 5.69 Å². The zero-order chi connectivity index (χ0) is 23.1. The van der Waals surface area contributed by atoms with E-state index in [1.807, 2.05) is 43.3 Å². The van der Waals surface area contributed by atoms with Gasteiger partial charge in [0.05, 0.1) is 5.92 Å². The summed E-state index contributed by atoms with van der Waals surface area (Å²) >= 11 is 0. The lowest BCUT2D eigenvalue weighted by Gasteiger charge is -2.16. The van der Waals surface area contributed by atoms with Gasteiger partial charge < -0.3 is 15.0 Å². The van der Waals surface area contributed by atoms with Gasteiger partial charge in [0, 0.05) is 37.7 Å². The first kappa shape index (κ1) is 23.2. The second kappa shape index (κ2) is 10.7. The lowest BCUT2D eigenvalue weighted by atomic mass is 10.1. The summed E-state index contributed by atoms with van der Waals surface area (Å²) in [5, 5.41) is 2.75. The Morgan fingerprint density at radius 3 is 2.41 bits per heavy atom. The number of anilines is 1. The predicted octanol–water partition coefficient (Wildman–Crippen LogP) is 2.84. The molecule has 2 aromatic carbocycles. The lowest BCUT2D eigenvalue weighted by molar-refractivity contribution is -0.147. The average Bonchev–Trinajstić information content (AvgIpc) is 3.17. The molecule has 168 valence electrons. The minimum Gasteiger partial charge on any atom is -0.457 e. The van der Waals surface area contributed by atoms with Crippen molar-refractivity contribution in [2.45, 2.75) is 33.1 Å². The summed E-state index contributed by atoms with van der Waals surface area (Å²) in [6.07, 6.45) is 1.68. The molecule has 3 rings (SSSR count). The molecule has 0 saturated carbocycles. The molecule has 2 amide bonds. The maximum atomic E-state index is 12.4. The smallest absolute Gasteiger partial charge is 0.311 e. The third-order valence-corrected chi connectivity index (χ3v) is 5.44. The van der Waals surface area contributed by atoms with Crippen LogP contribution in [0.2, 0.25) is 0 Å². The molecule has 7 heteroatoms. The molecule has 0 bridgehead atoms. The summed E-state index contributed by atoms with van der Waals surface area (Å²) in [5.41, 5.74) is 3.37. The van der Waals surface area contributed by atoms with E-state index in [2.05, 4.69) is 5.32 Å². The van der Waals surface area contributed by atoms with Crippen LogP contribution in [0.25, 0.3) is 0 Å². The van der Waals surface area contributed by atoms with E-state index < -0.39 is 11.9 Å². The number of ketones is 1. The van der Waals surface area contributed by atoms with Crippen LogP contribution in [-0.4, -0.2) is 43.3 Å². The molecule has 1 unspecified atom stereocenters. The molecule has 1 atom stereocenters. The topological polar surface area (TPSA) is 92.8 Å². The van der Waals surface area contributed by atoms with Crippen molar-refractivity contribution in [2.24, 2.45) is 5.92 Å².